The Bertz CT molecular complexity index is 612. The molecule has 1 aliphatic rings. The largest absolute Gasteiger partial charge is 0.317 e. The van der Waals surface area contributed by atoms with Crippen LogP contribution in [0.4, 0.5) is 4.39 Å². The second-order valence-corrected chi connectivity index (χ2v) is 5.89. The second-order valence-electron chi connectivity index (χ2n) is 5.89. The average molecular weight is 273 g/mol. The number of nitrogens with one attached hydrogen (secondary N) is 1. The summed E-state index contributed by atoms with van der Waals surface area (Å²) in [6.07, 6.45) is 5.97. The van der Waals surface area contributed by atoms with Crippen molar-refractivity contribution in [3.8, 4) is 5.69 Å². The fraction of sp³-hybridized carbons (Fsp3) is 0.438. The predicted octanol–water partition coefficient (Wildman–Crippen LogP) is 2.96. The summed E-state index contributed by atoms with van der Waals surface area (Å²) in [4.78, 5) is 4.32. The molecule has 0 spiro atoms. The van der Waals surface area contributed by atoms with Gasteiger partial charge in [-0.15, -0.1) is 0 Å². The highest BCUT2D eigenvalue weighted by atomic mass is 19.1. The Kier molecular flexibility index (Phi) is 3.34. The molecule has 3 nitrogen and oxygen atoms in total. The van der Waals surface area contributed by atoms with Gasteiger partial charge in [0.05, 0.1) is 6.33 Å². The first-order valence-electron chi connectivity index (χ1n) is 7.10. The molecular formula is C16H20FN3. The van der Waals surface area contributed by atoms with Crippen LogP contribution in [0.15, 0.2) is 30.7 Å². The fourth-order valence-corrected chi connectivity index (χ4v) is 2.96. The van der Waals surface area contributed by atoms with Crippen molar-refractivity contribution in [1.29, 1.82) is 0 Å². The first kappa shape index (κ1) is 13.3. The van der Waals surface area contributed by atoms with E-state index in [0.717, 1.165) is 31.6 Å². The monoisotopic (exact) mass is 273 g/mol. The van der Waals surface area contributed by atoms with Crippen molar-refractivity contribution in [3.63, 3.8) is 0 Å². The maximum absolute atomic E-state index is 13.4. The minimum atomic E-state index is -0.163. The highest BCUT2D eigenvalue weighted by Crippen LogP contribution is 2.34. The number of benzene rings is 1. The molecule has 2 aromatic rings. The third-order valence-electron chi connectivity index (χ3n) is 4.38. The summed E-state index contributed by atoms with van der Waals surface area (Å²) in [5.41, 5.74) is 2.99. The molecule has 0 saturated carbocycles. The van der Waals surface area contributed by atoms with Crippen LogP contribution in [0.3, 0.4) is 0 Å². The van der Waals surface area contributed by atoms with E-state index in [1.165, 1.54) is 11.8 Å². The van der Waals surface area contributed by atoms with E-state index < -0.39 is 0 Å². The smallest absolute Gasteiger partial charge is 0.126 e. The molecule has 0 bridgehead atoms. The second kappa shape index (κ2) is 5.02. The molecule has 0 amide bonds. The SMILES string of the molecule is Cc1cc(-n2cncc2C2(C)CCNCC2)ccc1F. The Morgan fingerprint density at radius 2 is 2.05 bits per heavy atom. The van der Waals surface area contributed by atoms with Crippen molar-refractivity contribution < 1.29 is 4.39 Å². The number of imidazole rings is 1. The van der Waals surface area contributed by atoms with Crippen LogP contribution < -0.4 is 5.32 Å². The Hall–Kier alpha value is -1.68. The van der Waals surface area contributed by atoms with Gasteiger partial charge in [0.25, 0.3) is 0 Å². The van der Waals surface area contributed by atoms with Gasteiger partial charge in [-0.25, -0.2) is 9.37 Å². The normalized spacial score (nSPS) is 18.1. The average Bonchev–Trinajstić information content (AvgIpc) is 2.93. The number of halogens is 1. The summed E-state index contributed by atoms with van der Waals surface area (Å²) in [6, 6.07) is 5.22. The van der Waals surface area contributed by atoms with Gasteiger partial charge < -0.3 is 9.88 Å². The molecule has 106 valence electrons. The van der Waals surface area contributed by atoms with Crippen LogP contribution in [0.5, 0.6) is 0 Å². The third kappa shape index (κ3) is 2.24. The molecule has 1 aliphatic heterocycles. The maximum atomic E-state index is 13.4. The predicted molar refractivity (Wildman–Crippen MR) is 77.7 cm³/mol. The zero-order chi connectivity index (χ0) is 14.2. The summed E-state index contributed by atoms with van der Waals surface area (Å²) < 4.78 is 15.5. The lowest BCUT2D eigenvalue weighted by atomic mass is 9.78. The standard InChI is InChI=1S/C16H20FN3/c1-12-9-13(3-4-14(12)17)20-11-19-10-15(20)16(2)5-7-18-8-6-16/h3-4,9-11,18H,5-8H2,1-2H3. The molecule has 20 heavy (non-hydrogen) atoms. The first-order valence-corrected chi connectivity index (χ1v) is 7.10. The number of nitrogens with zero attached hydrogens (tertiary/aromatic N) is 2. The van der Waals surface area contributed by atoms with Crippen molar-refractivity contribution in [3.05, 3.63) is 47.8 Å². The number of aryl methyl sites for hydroxylation is 1. The molecule has 2 heterocycles. The van der Waals surface area contributed by atoms with Crippen molar-refractivity contribution >= 4 is 0 Å². The van der Waals surface area contributed by atoms with Gasteiger partial charge in [-0.3, -0.25) is 0 Å². The van der Waals surface area contributed by atoms with E-state index in [2.05, 4.69) is 21.8 Å². The topological polar surface area (TPSA) is 29.9 Å². The quantitative estimate of drug-likeness (QED) is 0.911. The molecule has 1 aromatic carbocycles. The van der Waals surface area contributed by atoms with E-state index in [4.69, 9.17) is 0 Å². The molecule has 1 fully saturated rings. The lowest BCUT2D eigenvalue weighted by Gasteiger charge is -2.34. The van der Waals surface area contributed by atoms with Gasteiger partial charge in [-0.2, -0.15) is 0 Å². The zero-order valence-electron chi connectivity index (χ0n) is 12.0. The molecule has 3 rings (SSSR count). The number of rotatable bonds is 2. The van der Waals surface area contributed by atoms with Gasteiger partial charge in [0.15, 0.2) is 0 Å². The minimum Gasteiger partial charge on any atom is -0.317 e. The molecule has 0 atom stereocenters. The number of piperidine rings is 1. The summed E-state index contributed by atoms with van der Waals surface area (Å²) in [6.45, 7) is 6.15. The van der Waals surface area contributed by atoms with Crippen LogP contribution in [0.1, 0.15) is 31.0 Å². The van der Waals surface area contributed by atoms with E-state index in [1.54, 1.807) is 6.92 Å². The lowest BCUT2D eigenvalue weighted by molar-refractivity contribution is 0.324. The molecule has 1 aromatic heterocycles. The van der Waals surface area contributed by atoms with Crippen LogP contribution in [-0.4, -0.2) is 22.6 Å². The van der Waals surface area contributed by atoms with Crippen molar-refractivity contribution in [2.45, 2.75) is 32.1 Å². The van der Waals surface area contributed by atoms with E-state index in [9.17, 15) is 4.39 Å². The summed E-state index contributed by atoms with van der Waals surface area (Å²) >= 11 is 0. The maximum Gasteiger partial charge on any atom is 0.126 e. The lowest BCUT2D eigenvalue weighted by Crippen LogP contribution is -2.38. The molecule has 0 radical (unpaired) electrons. The molecular weight excluding hydrogens is 253 g/mol. The molecule has 0 unspecified atom stereocenters. The fourth-order valence-electron chi connectivity index (χ4n) is 2.96. The van der Waals surface area contributed by atoms with Gasteiger partial charge in [0, 0.05) is 23.0 Å². The van der Waals surface area contributed by atoms with Gasteiger partial charge in [0.1, 0.15) is 5.82 Å². The van der Waals surface area contributed by atoms with Gasteiger partial charge >= 0.3 is 0 Å². The van der Waals surface area contributed by atoms with Crippen molar-refractivity contribution in [1.82, 2.24) is 14.9 Å². The van der Waals surface area contributed by atoms with Crippen LogP contribution >= 0.6 is 0 Å². The van der Waals surface area contributed by atoms with Gasteiger partial charge in [-0.05, 0) is 56.6 Å². The zero-order valence-corrected chi connectivity index (χ0v) is 12.0. The molecule has 1 N–H and O–H groups in total. The minimum absolute atomic E-state index is 0.129. The Balaban J connectivity index is 2.03. The Morgan fingerprint density at radius 3 is 2.75 bits per heavy atom. The summed E-state index contributed by atoms with van der Waals surface area (Å²) in [7, 11) is 0. The van der Waals surface area contributed by atoms with E-state index in [1.807, 2.05) is 24.7 Å². The highest BCUT2D eigenvalue weighted by Gasteiger charge is 2.31. The molecule has 4 heteroatoms. The van der Waals surface area contributed by atoms with Gasteiger partial charge in [-0.1, -0.05) is 6.92 Å². The van der Waals surface area contributed by atoms with Crippen LogP contribution in [0.25, 0.3) is 5.69 Å². The van der Waals surface area contributed by atoms with Crippen LogP contribution in [-0.2, 0) is 5.41 Å². The van der Waals surface area contributed by atoms with E-state index in [0.29, 0.717) is 5.56 Å². The summed E-state index contributed by atoms with van der Waals surface area (Å²) in [5.74, 6) is -0.163. The molecule has 1 saturated heterocycles. The Labute approximate surface area is 118 Å². The van der Waals surface area contributed by atoms with Crippen molar-refractivity contribution in [2.75, 3.05) is 13.1 Å². The van der Waals surface area contributed by atoms with Crippen LogP contribution in [0, 0.1) is 12.7 Å². The van der Waals surface area contributed by atoms with Gasteiger partial charge in [0.2, 0.25) is 0 Å². The van der Waals surface area contributed by atoms with Crippen molar-refractivity contribution in [2.24, 2.45) is 0 Å². The summed E-state index contributed by atoms with van der Waals surface area (Å²) in [5, 5.41) is 3.40. The third-order valence-corrected chi connectivity index (χ3v) is 4.38. The molecule has 0 aliphatic carbocycles. The number of hydrogen-bond donors (Lipinski definition) is 1. The van der Waals surface area contributed by atoms with E-state index >= 15 is 0 Å². The van der Waals surface area contributed by atoms with E-state index in [-0.39, 0.29) is 11.2 Å². The first-order chi connectivity index (χ1) is 9.60. The van der Waals surface area contributed by atoms with Crippen LogP contribution in [0.2, 0.25) is 0 Å². The number of aromatic nitrogens is 2. The highest BCUT2D eigenvalue weighted by molar-refractivity contribution is 5.39. The Morgan fingerprint density at radius 1 is 1.30 bits per heavy atom. The number of hydrogen-bond acceptors (Lipinski definition) is 2.